The van der Waals surface area contributed by atoms with Crippen LogP contribution in [-0.4, -0.2) is 39.9 Å². The van der Waals surface area contributed by atoms with Gasteiger partial charge in [0.25, 0.3) is 0 Å². The second-order valence-corrected chi connectivity index (χ2v) is 7.32. The summed E-state index contributed by atoms with van der Waals surface area (Å²) in [6.07, 6.45) is 1.87. The summed E-state index contributed by atoms with van der Waals surface area (Å²) in [4.78, 5) is 22.7. The van der Waals surface area contributed by atoms with Crippen molar-refractivity contribution in [1.82, 2.24) is 9.97 Å². The van der Waals surface area contributed by atoms with E-state index < -0.39 is 11.6 Å². The molecule has 0 aromatic carbocycles. The zero-order chi connectivity index (χ0) is 16.6. The number of thiazole rings is 1. The van der Waals surface area contributed by atoms with E-state index in [1.165, 1.54) is 21.8 Å². The van der Waals surface area contributed by atoms with Crippen LogP contribution in [0.4, 0.5) is 9.93 Å². The number of pyridine rings is 1. The van der Waals surface area contributed by atoms with Crippen LogP contribution in [0.3, 0.4) is 0 Å². The highest BCUT2D eigenvalue weighted by Crippen LogP contribution is 2.33. The number of aromatic nitrogens is 2. The quantitative estimate of drug-likeness (QED) is 0.905. The first kappa shape index (κ1) is 15.9. The Bertz CT molecular complexity index is 776. The molecular weight excluding hydrogens is 314 g/mol. The van der Waals surface area contributed by atoms with Crippen molar-refractivity contribution < 1.29 is 14.6 Å². The summed E-state index contributed by atoms with van der Waals surface area (Å²) in [5.41, 5.74) is 2.23. The lowest BCUT2D eigenvalue weighted by Crippen LogP contribution is -2.45. The number of nitrogens with zero attached hydrogens (tertiary/aromatic N) is 3. The monoisotopic (exact) mass is 333 g/mol. The normalized spacial score (nSPS) is 15.5. The summed E-state index contributed by atoms with van der Waals surface area (Å²) in [7, 11) is 0. The van der Waals surface area contributed by atoms with Gasteiger partial charge in [0.1, 0.15) is 10.3 Å². The minimum absolute atomic E-state index is 0.450. The molecule has 3 rings (SSSR count). The lowest BCUT2D eigenvalue weighted by molar-refractivity contribution is 0.161. The molecular formula is C16H19N3O3S. The second kappa shape index (κ2) is 5.90. The van der Waals surface area contributed by atoms with E-state index in [1.807, 2.05) is 39.0 Å². The highest BCUT2D eigenvalue weighted by atomic mass is 32.1. The molecule has 122 valence electrons. The van der Waals surface area contributed by atoms with Crippen LogP contribution < -0.4 is 4.90 Å². The smallest absolute Gasteiger partial charge is 0.414 e. The molecule has 0 aliphatic carbocycles. The van der Waals surface area contributed by atoms with E-state index in [2.05, 4.69) is 9.97 Å². The Labute approximate surface area is 138 Å². The van der Waals surface area contributed by atoms with Gasteiger partial charge in [-0.05, 0) is 44.9 Å². The van der Waals surface area contributed by atoms with Gasteiger partial charge in [-0.3, -0.25) is 0 Å². The van der Waals surface area contributed by atoms with Gasteiger partial charge in [-0.15, -0.1) is 0 Å². The Morgan fingerprint density at radius 1 is 1.35 bits per heavy atom. The largest absolute Gasteiger partial charge is 0.465 e. The molecule has 0 atom stereocenters. The van der Waals surface area contributed by atoms with Crippen LogP contribution in [0, 0.1) is 0 Å². The second-order valence-electron chi connectivity index (χ2n) is 6.36. The van der Waals surface area contributed by atoms with Crippen LogP contribution in [-0.2, 0) is 4.74 Å². The SMILES string of the molecule is CC(C)(C)N(C(=O)O)c1nc2ccc(C3=CCOCC3)nc2s1. The number of rotatable bonds is 2. The predicted octanol–water partition coefficient (Wildman–Crippen LogP) is 3.78. The Hall–Kier alpha value is -1.99. The van der Waals surface area contributed by atoms with Crippen LogP contribution in [0.25, 0.3) is 15.9 Å². The van der Waals surface area contributed by atoms with Crippen molar-refractivity contribution in [2.24, 2.45) is 0 Å². The van der Waals surface area contributed by atoms with Crippen LogP contribution in [0.1, 0.15) is 32.9 Å². The Morgan fingerprint density at radius 2 is 2.13 bits per heavy atom. The first-order valence-electron chi connectivity index (χ1n) is 7.44. The number of anilines is 1. The van der Waals surface area contributed by atoms with Gasteiger partial charge in [0, 0.05) is 5.54 Å². The Balaban J connectivity index is 2.02. The molecule has 0 spiro atoms. The van der Waals surface area contributed by atoms with Gasteiger partial charge in [0.2, 0.25) is 0 Å². The molecule has 1 aliphatic heterocycles. The van der Waals surface area contributed by atoms with E-state index >= 15 is 0 Å². The first-order valence-corrected chi connectivity index (χ1v) is 8.26. The molecule has 0 saturated carbocycles. The molecule has 0 bridgehead atoms. The zero-order valence-electron chi connectivity index (χ0n) is 13.4. The molecule has 3 heterocycles. The van der Waals surface area contributed by atoms with Gasteiger partial charge >= 0.3 is 6.09 Å². The van der Waals surface area contributed by atoms with E-state index in [0.717, 1.165) is 22.5 Å². The van der Waals surface area contributed by atoms with Crippen LogP contribution in [0.2, 0.25) is 0 Å². The molecule has 1 aliphatic rings. The van der Waals surface area contributed by atoms with Crippen LogP contribution in [0.15, 0.2) is 18.2 Å². The average Bonchev–Trinajstić information content (AvgIpc) is 2.88. The van der Waals surface area contributed by atoms with Gasteiger partial charge in [-0.25, -0.2) is 19.7 Å². The Morgan fingerprint density at radius 3 is 2.74 bits per heavy atom. The Kier molecular flexibility index (Phi) is 4.08. The minimum atomic E-state index is -1.01. The molecule has 6 nitrogen and oxygen atoms in total. The molecule has 7 heteroatoms. The first-order chi connectivity index (χ1) is 10.9. The van der Waals surface area contributed by atoms with Gasteiger partial charge in [-0.1, -0.05) is 17.4 Å². The van der Waals surface area contributed by atoms with Gasteiger partial charge in [0.15, 0.2) is 5.13 Å². The van der Waals surface area contributed by atoms with Crippen molar-refractivity contribution in [2.75, 3.05) is 18.1 Å². The number of amides is 1. The summed E-state index contributed by atoms with van der Waals surface area (Å²) in [5, 5.41) is 9.94. The maximum absolute atomic E-state index is 11.6. The molecule has 1 N–H and O–H groups in total. The van der Waals surface area contributed by atoms with Crippen molar-refractivity contribution in [3.05, 3.63) is 23.9 Å². The topological polar surface area (TPSA) is 75.6 Å². The number of ether oxygens (including phenoxy) is 1. The van der Waals surface area contributed by atoms with Crippen molar-refractivity contribution in [1.29, 1.82) is 0 Å². The molecule has 2 aromatic rings. The fraction of sp³-hybridized carbons (Fsp3) is 0.438. The van der Waals surface area contributed by atoms with Gasteiger partial charge in [0.05, 0.1) is 18.9 Å². The summed E-state index contributed by atoms with van der Waals surface area (Å²) in [6.45, 7) is 6.85. The number of carbonyl (C=O) groups is 1. The molecule has 1 amide bonds. The molecule has 23 heavy (non-hydrogen) atoms. The van der Waals surface area contributed by atoms with Crippen molar-refractivity contribution >= 4 is 38.5 Å². The molecule has 0 fully saturated rings. The maximum atomic E-state index is 11.6. The highest BCUT2D eigenvalue weighted by molar-refractivity contribution is 7.22. The number of fused-ring (bicyclic) bond motifs is 1. The molecule has 0 radical (unpaired) electrons. The van der Waals surface area contributed by atoms with Crippen molar-refractivity contribution in [3.8, 4) is 0 Å². The summed E-state index contributed by atoms with van der Waals surface area (Å²) >= 11 is 1.30. The lowest BCUT2D eigenvalue weighted by Gasteiger charge is -2.30. The van der Waals surface area contributed by atoms with E-state index in [0.29, 0.717) is 18.3 Å². The molecule has 0 unspecified atom stereocenters. The zero-order valence-corrected chi connectivity index (χ0v) is 14.2. The summed E-state index contributed by atoms with van der Waals surface area (Å²) in [5.74, 6) is 0. The van der Waals surface area contributed by atoms with E-state index in [-0.39, 0.29) is 0 Å². The van der Waals surface area contributed by atoms with Gasteiger partial charge < -0.3 is 9.84 Å². The summed E-state index contributed by atoms with van der Waals surface area (Å²) < 4.78 is 5.32. The summed E-state index contributed by atoms with van der Waals surface area (Å²) in [6, 6.07) is 3.84. The number of hydrogen-bond donors (Lipinski definition) is 1. The van der Waals surface area contributed by atoms with Crippen molar-refractivity contribution in [2.45, 2.75) is 32.7 Å². The molecule has 2 aromatic heterocycles. The van der Waals surface area contributed by atoms with E-state index in [9.17, 15) is 9.90 Å². The fourth-order valence-electron chi connectivity index (χ4n) is 2.50. The predicted molar refractivity (Wildman–Crippen MR) is 91.1 cm³/mol. The third-order valence-corrected chi connectivity index (χ3v) is 4.54. The lowest BCUT2D eigenvalue weighted by atomic mass is 10.1. The third-order valence-electron chi connectivity index (χ3n) is 3.59. The highest BCUT2D eigenvalue weighted by Gasteiger charge is 2.30. The maximum Gasteiger partial charge on any atom is 0.414 e. The van der Waals surface area contributed by atoms with Gasteiger partial charge in [-0.2, -0.15) is 0 Å². The van der Waals surface area contributed by atoms with E-state index in [4.69, 9.17) is 4.74 Å². The minimum Gasteiger partial charge on any atom is -0.465 e. The third kappa shape index (κ3) is 3.20. The molecule has 0 saturated heterocycles. The van der Waals surface area contributed by atoms with Crippen LogP contribution >= 0.6 is 11.3 Å². The number of carboxylic acid groups (broad SMARTS) is 1. The average molecular weight is 333 g/mol. The standard InChI is InChI=1S/C16H19N3O3S/c1-16(2,3)19(15(20)21)14-18-12-5-4-11(17-13(12)23-14)10-6-8-22-9-7-10/h4-6H,7-9H2,1-3H3,(H,20,21). The fourth-order valence-corrected chi connectivity index (χ4v) is 3.62. The van der Waals surface area contributed by atoms with Crippen molar-refractivity contribution in [3.63, 3.8) is 0 Å². The van der Waals surface area contributed by atoms with E-state index in [1.54, 1.807) is 0 Å². The van der Waals surface area contributed by atoms with Crippen LogP contribution in [0.5, 0.6) is 0 Å². The number of hydrogen-bond acceptors (Lipinski definition) is 5.